The second-order valence-corrected chi connectivity index (χ2v) is 5.25. The number of rotatable bonds is 5. The lowest BCUT2D eigenvalue weighted by Gasteiger charge is -2.14. The Hall–Kier alpha value is -1.11. The minimum absolute atomic E-state index is 0.115. The summed E-state index contributed by atoms with van der Waals surface area (Å²) in [4.78, 5) is 0.115. The van der Waals surface area contributed by atoms with Crippen molar-refractivity contribution in [3.63, 3.8) is 0 Å². The van der Waals surface area contributed by atoms with Crippen molar-refractivity contribution >= 4 is 15.7 Å². The Bertz CT molecular complexity index is 428. The molecule has 0 aliphatic heterocycles. The zero-order valence-electron chi connectivity index (χ0n) is 9.18. The Kier molecular flexibility index (Phi) is 4.28. The van der Waals surface area contributed by atoms with Gasteiger partial charge >= 0.3 is 0 Å². The number of hydrogen-bond acceptors (Lipinski definition) is 4. The number of benzene rings is 1. The maximum atomic E-state index is 11.0. The summed E-state index contributed by atoms with van der Waals surface area (Å²) in [5.41, 5.74) is 6.28. The van der Waals surface area contributed by atoms with Gasteiger partial charge in [-0.2, -0.15) is 0 Å². The summed E-state index contributed by atoms with van der Waals surface area (Å²) in [6.07, 6.45) is 0.858. The first-order chi connectivity index (χ1) is 7.43. The Morgan fingerprint density at radius 3 is 2.31 bits per heavy atom. The molecule has 0 aromatic heterocycles. The van der Waals surface area contributed by atoms with Crippen molar-refractivity contribution in [3.05, 3.63) is 24.3 Å². The minimum atomic E-state index is -3.61. The molecule has 5 nitrogen and oxygen atoms in total. The fourth-order valence-electron chi connectivity index (χ4n) is 1.35. The van der Waals surface area contributed by atoms with Crippen molar-refractivity contribution in [1.82, 2.24) is 0 Å². The molecule has 0 saturated carbocycles. The van der Waals surface area contributed by atoms with Gasteiger partial charge in [0.05, 0.1) is 4.90 Å². The molecule has 0 saturated heterocycles. The fraction of sp³-hybridized carbons (Fsp3) is 0.400. The Morgan fingerprint density at radius 1 is 1.31 bits per heavy atom. The van der Waals surface area contributed by atoms with Gasteiger partial charge in [0.15, 0.2) is 0 Å². The zero-order valence-corrected chi connectivity index (χ0v) is 10.00. The third-order valence-electron chi connectivity index (χ3n) is 2.20. The molecule has 5 N–H and O–H groups in total. The summed E-state index contributed by atoms with van der Waals surface area (Å²) < 4.78 is 22.0. The molecule has 1 aromatic carbocycles. The van der Waals surface area contributed by atoms with Gasteiger partial charge in [0.1, 0.15) is 0 Å². The van der Waals surface area contributed by atoms with E-state index in [1.54, 1.807) is 12.1 Å². The van der Waals surface area contributed by atoms with Crippen molar-refractivity contribution in [2.24, 2.45) is 10.9 Å². The van der Waals surface area contributed by atoms with E-state index in [-0.39, 0.29) is 10.9 Å². The Balaban J connectivity index is 2.72. The van der Waals surface area contributed by atoms with Gasteiger partial charge in [0.25, 0.3) is 0 Å². The van der Waals surface area contributed by atoms with E-state index in [2.05, 4.69) is 5.32 Å². The maximum absolute atomic E-state index is 11.0. The monoisotopic (exact) mass is 243 g/mol. The fourth-order valence-corrected chi connectivity index (χ4v) is 1.86. The van der Waals surface area contributed by atoms with Crippen molar-refractivity contribution in [1.29, 1.82) is 0 Å². The van der Waals surface area contributed by atoms with E-state index < -0.39 is 10.0 Å². The van der Waals surface area contributed by atoms with Crippen LogP contribution in [0.25, 0.3) is 0 Å². The molecule has 1 rings (SSSR count). The van der Waals surface area contributed by atoms with Crippen molar-refractivity contribution < 1.29 is 8.42 Å². The molecule has 0 radical (unpaired) electrons. The van der Waals surface area contributed by atoms with Gasteiger partial charge in [-0.15, -0.1) is 0 Å². The van der Waals surface area contributed by atoms with Crippen molar-refractivity contribution in [2.75, 3.05) is 11.9 Å². The normalized spacial score (nSPS) is 13.4. The van der Waals surface area contributed by atoms with Gasteiger partial charge < -0.3 is 11.1 Å². The molecule has 1 unspecified atom stereocenters. The topological polar surface area (TPSA) is 98.2 Å². The van der Waals surface area contributed by atoms with Crippen molar-refractivity contribution in [3.8, 4) is 0 Å². The highest BCUT2D eigenvalue weighted by Crippen LogP contribution is 2.13. The molecule has 0 aliphatic carbocycles. The lowest BCUT2D eigenvalue weighted by molar-refractivity contribution is 0.598. The van der Waals surface area contributed by atoms with E-state index in [1.807, 2.05) is 6.92 Å². The predicted molar refractivity (Wildman–Crippen MR) is 64.6 cm³/mol. The highest BCUT2D eigenvalue weighted by atomic mass is 32.2. The smallest absolute Gasteiger partial charge is 0.238 e. The highest BCUT2D eigenvalue weighted by Gasteiger charge is 2.07. The van der Waals surface area contributed by atoms with Gasteiger partial charge in [0.2, 0.25) is 10.0 Å². The van der Waals surface area contributed by atoms with Gasteiger partial charge in [-0.1, -0.05) is 0 Å². The Morgan fingerprint density at radius 2 is 1.88 bits per heavy atom. The standard InChI is InChI=1S/C10H17N3O2S/c1-8(6-7-11)13-9-2-4-10(5-3-9)16(12,14)15/h2-5,8,13H,6-7,11H2,1H3,(H2,12,14,15). The second kappa shape index (κ2) is 5.29. The van der Waals surface area contributed by atoms with Crippen LogP contribution in [0.4, 0.5) is 5.69 Å². The molecule has 90 valence electrons. The molecule has 0 heterocycles. The quantitative estimate of drug-likeness (QED) is 0.700. The van der Waals surface area contributed by atoms with Crippen LogP contribution in [0, 0.1) is 0 Å². The molecule has 1 atom stereocenters. The van der Waals surface area contributed by atoms with E-state index in [9.17, 15) is 8.42 Å². The second-order valence-electron chi connectivity index (χ2n) is 3.69. The SMILES string of the molecule is CC(CCN)Nc1ccc(S(N)(=O)=O)cc1. The summed E-state index contributed by atoms with van der Waals surface area (Å²) in [7, 11) is -3.61. The third kappa shape index (κ3) is 3.80. The molecular formula is C10H17N3O2S. The third-order valence-corrected chi connectivity index (χ3v) is 3.12. The van der Waals surface area contributed by atoms with Crippen LogP contribution in [-0.4, -0.2) is 21.0 Å². The van der Waals surface area contributed by atoms with E-state index >= 15 is 0 Å². The molecule has 6 heteroatoms. The number of anilines is 1. The summed E-state index contributed by atoms with van der Waals surface area (Å²) >= 11 is 0. The molecular weight excluding hydrogens is 226 g/mol. The lowest BCUT2D eigenvalue weighted by atomic mass is 10.2. The van der Waals surface area contributed by atoms with Gasteiger partial charge in [-0.05, 0) is 44.2 Å². The first-order valence-electron chi connectivity index (χ1n) is 5.03. The van der Waals surface area contributed by atoms with E-state index in [0.29, 0.717) is 6.54 Å². The molecule has 0 spiro atoms. The summed E-state index contributed by atoms with van der Waals surface area (Å²) in [5, 5.41) is 8.20. The molecule has 0 amide bonds. The van der Waals surface area contributed by atoms with Crippen LogP contribution in [0.1, 0.15) is 13.3 Å². The van der Waals surface area contributed by atoms with E-state index in [4.69, 9.17) is 10.9 Å². The first-order valence-corrected chi connectivity index (χ1v) is 6.57. The maximum Gasteiger partial charge on any atom is 0.238 e. The zero-order chi connectivity index (χ0) is 12.2. The average molecular weight is 243 g/mol. The van der Waals surface area contributed by atoms with Gasteiger partial charge in [-0.25, -0.2) is 13.6 Å². The number of nitrogens with two attached hydrogens (primary N) is 2. The number of primary sulfonamides is 1. The predicted octanol–water partition coefficient (Wildman–Crippen LogP) is 0.483. The van der Waals surface area contributed by atoms with Crippen LogP contribution in [0.3, 0.4) is 0 Å². The van der Waals surface area contributed by atoms with Crippen LogP contribution in [0.5, 0.6) is 0 Å². The van der Waals surface area contributed by atoms with Crippen LogP contribution in [0.2, 0.25) is 0 Å². The molecule has 16 heavy (non-hydrogen) atoms. The van der Waals surface area contributed by atoms with Gasteiger partial charge in [-0.3, -0.25) is 0 Å². The number of nitrogens with one attached hydrogen (secondary N) is 1. The van der Waals surface area contributed by atoms with E-state index in [1.165, 1.54) is 12.1 Å². The summed E-state index contributed by atoms with van der Waals surface area (Å²) in [6, 6.07) is 6.59. The van der Waals surface area contributed by atoms with Crippen LogP contribution in [0.15, 0.2) is 29.2 Å². The first kappa shape index (κ1) is 13.0. The number of hydrogen-bond donors (Lipinski definition) is 3. The molecule has 1 aromatic rings. The molecule has 0 bridgehead atoms. The number of sulfonamides is 1. The van der Waals surface area contributed by atoms with Crippen LogP contribution in [-0.2, 0) is 10.0 Å². The largest absolute Gasteiger partial charge is 0.383 e. The minimum Gasteiger partial charge on any atom is -0.383 e. The van der Waals surface area contributed by atoms with Crippen LogP contribution >= 0.6 is 0 Å². The van der Waals surface area contributed by atoms with Gasteiger partial charge in [0, 0.05) is 11.7 Å². The Labute approximate surface area is 95.9 Å². The summed E-state index contributed by atoms with van der Waals surface area (Å²) in [5.74, 6) is 0. The highest BCUT2D eigenvalue weighted by molar-refractivity contribution is 7.89. The average Bonchev–Trinajstić information content (AvgIpc) is 2.17. The molecule has 0 fully saturated rings. The van der Waals surface area contributed by atoms with Crippen molar-refractivity contribution in [2.45, 2.75) is 24.3 Å². The summed E-state index contributed by atoms with van der Waals surface area (Å²) in [6.45, 7) is 2.63. The van der Waals surface area contributed by atoms with E-state index in [0.717, 1.165) is 12.1 Å². The lowest BCUT2D eigenvalue weighted by Crippen LogP contribution is -2.19. The molecule has 0 aliphatic rings. The van der Waals surface area contributed by atoms with Crippen LogP contribution < -0.4 is 16.2 Å².